The monoisotopic (exact) mass is 265 g/mol. The topological polar surface area (TPSA) is 71.5 Å². The Morgan fingerprint density at radius 1 is 1.53 bits per heavy atom. The molecule has 0 spiro atoms. The Bertz CT molecular complexity index is 434. The molecule has 1 aromatic rings. The molecule has 0 saturated carbocycles. The highest BCUT2D eigenvalue weighted by Crippen LogP contribution is 2.22. The molecule has 3 N–H and O–H groups in total. The van der Waals surface area contributed by atoms with Gasteiger partial charge in [-0.25, -0.2) is 5.84 Å². The number of hydrogen-bond donors (Lipinski definition) is 2. The number of rotatable bonds is 4. The fourth-order valence-electron chi connectivity index (χ4n) is 2.69. The molecule has 0 radical (unpaired) electrons. The van der Waals surface area contributed by atoms with Crippen molar-refractivity contribution in [3.8, 4) is 0 Å². The Labute approximate surface area is 114 Å². The summed E-state index contributed by atoms with van der Waals surface area (Å²) in [5.74, 6) is 6.79. The minimum Gasteiger partial charge on any atom is -0.454 e. The highest BCUT2D eigenvalue weighted by Gasteiger charge is 2.20. The Hall–Kier alpha value is -1.33. The van der Waals surface area contributed by atoms with Gasteiger partial charge in [-0.3, -0.25) is 15.1 Å². The summed E-state index contributed by atoms with van der Waals surface area (Å²) in [6.07, 6.45) is 3.78. The van der Waals surface area contributed by atoms with E-state index in [1.807, 2.05) is 13.0 Å². The first kappa shape index (κ1) is 14.1. The maximum absolute atomic E-state index is 11.5. The van der Waals surface area contributed by atoms with Gasteiger partial charge in [0, 0.05) is 5.56 Å². The number of hydrazine groups is 1. The van der Waals surface area contributed by atoms with Gasteiger partial charge in [-0.1, -0.05) is 13.3 Å². The van der Waals surface area contributed by atoms with Crippen LogP contribution in [0, 0.1) is 12.8 Å². The van der Waals surface area contributed by atoms with Crippen LogP contribution in [-0.2, 0) is 6.54 Å². The van der Waals surface area contributed by atoms with Crippen molar-refractivity contribution in [3.05, 3.63) is 23.2 Å². The molecule has 19 heavy (non-hydrogen) atoms. The minimum absolute atomic E-state index is 0.320. The van der Waals surface area contributed by atoms with Crippen LogP contribution >= 0.6 is 0 Å². The average molecular weight is 265 g/mol. The van der Waals surface area contributed by atoms with Gasteiger partial charge in [0.05, 0.1) is 6.54 Å². The lowest BCUT2D eigenvalue weighted by molar-refractivity contribution is 0.0919. The lowest BCUT2D eigenvalue weighted by Crippen LogP contribution is -2.33. The smallest absolute Gasteiger partial charge is 0.301 e. The largest absolute Gasteiger partial charge is 0.454 e. The number of hydrogen-bond acceptors (Lipinski definition) is 4. The zero-order chi connectivity index (χ0) is 13.8. The van der Waals surface area contributed by atoms with Crippen molar-refractivity contribution >= 4 is 5.91 Å². The molecule has 1 saturated heterocycles. The van der Waals surface area contributed by atoms with Crippen LogP contribution in [-0.4, -0.2) is 23.9 Å². The third-order valence-corrected chi connectivity index (χ3v) is 3.97. The molecular formula is C14H23N3O2. The first-order valence-electron chi connectivity index (χ1n) is 6.96. The van der Waals surface area contributed by atoms with Crippen LogP contribution in [0.2, 0.25) is 0 Å². The quantitative estimate of drug-likeness (QED) is 0.495. The summed E-state index contributed by atoms with van der Waals surface area (Å²) in [6, 6.07) is 1.93. The highest BCUT2D eigenvalue weighted by molar-refractivity contribution is 5.92. The zero-order valence-electron chi connectivity index (χ0n) is 11.7. The molecule has 0 aliphatic carbocycles. The van der Waals surface area contributed by atoms with Gasteiger partial charge in [-0.05, 0) is 44.8 Å². The minimum atomic E-state index is -0.367. The van der Waals surface area contributed by atoms with Crippen molar-refractivity contribution in [3.63, 3.8) is 0 Å². The molecule has 5 heteroatoms. The fourth-order valence-corrected chi connectivity index (χ4v) is 2.69. The highest BCUT2D eigenvalue weighted by atomic mass is 16.4. The molecule has 106 valence electrons. The third-order valence-electron chi connectivity index (χ3n) is 3.97. The Balaban J connectivity index is 1.95. The van der Waals surface area contributed by atoms with Gasteiger partial charge in [0.1, 0.15) is 5.76 Å². The van der Waals surface area contributed by atoms with E-state index >= 15 is 0 Å². The second kappa shape index (κ2) is 6.21. The van der Waals surface area contributed by atoms with Gasteiger partial charge >= 0.3 is 5.91 Å². The van der Waals surface area contributed by atoms with E-state index in [-0.39, 0.29) is 5.91 Å². The van der Waals surface area contributed by atoms with Gasteiger partial charge in [-0.2, -0.15) is 0 Å². The molecular weight excluding hydrogens is 242 g/mol. The number of nitrogens with two attached hydrogens (primary N) is 1. The van der Waals surface area contributed by atoms with E-state index in [9.17, 15) is 4.79 Å². The Morgan fingerprint density at radius 3 is 2.79 bits per heavy atom. The molecule has 1 fully saturated rings. The standard InChI is InChI=1S/C14H23N3O2/c1-3-11-4-6-17(7-5-11)9-12-8-10(2)13(19-12)14(18)16-15/h8,11H,3-7,9,15H2,1-2H3,(H,16,18). The summed E-state index contributed by atoms with van der Waals surface area (Å²) >= 11 is 0. The average Bonchev–Trinajstić information content (AvgIpc) is 2.79. The number of furan rings is 1. The summed E-state index contributed by atoms with van der Waals surface area (Å²) < 4.78 is 5.59. The number of aryl methyl sites for hydroxylation is 1. The van der Waals surface area contributed by atoms with Crippen LogP contribution < -0.4 is 11.3 Å². The van der Waals surface area contributed by atoms with Gasteiger partial charge in [-0.15, -0.1) is 0 Å². The number of likely N-dealkylation sites (tertiary alicyclic amines) is 1. The van der Waals surface area contributed by atoms with Gasteiger partial charge < -0.3 is 4.42 Å². The normalized spacial score (nSPS) is 17.6. The Kier molecular flexibility index (Phi) is 4.61. The van der Waals surface area contributed by atoms with Crippen LogP contribution in [0.3, 0.4) is 0 Å². The summed E-state index contributed by atoms with van der Waals surface area (Å²) in [6.45, 7) is 7.11. The van der Waals surface area contributed by atoms with E-state index < -0.39 is 0 Å². The predicted molar refractivity (Wildman–Crippen MR) is 73.4 cm³/mol. The second-order valence-corrected chi connectivity index (χ2v) is 5.33. The van der Waals surface area contributed by atoms with Gasteiger partial charge in [0.2, 0.25) is 0 Å². The fraction of sp³-hybridized carbons (Fsp3) is 0.643. The van der Waals surface area contributed by atoms with Crippen molar-refractivity contribution < 1.29 is 9.21 Å². The molecule has 1 aliphatic heterocycles. The molecule has 0 unspecified atom stereocenters. The predicted octanol–water partition coefficient (Wildman–Crippen LogP) is 1.81. The molecule has 1 aromatic heterocycles. The van der Waals surface area contributed by atoms with E-state index in [1.165, 1.54) is 19.3 Å². The summed E-state index contributed by atoms with van der Waals surface area (Å²) in [5.41, 5.74) is 2.94. The number of piperidine rings is 1. The second-order valence-electron chi connectivity index (χ2n) is 5.33. The van der Waals surface area contributed by atoms with Crippen molar-refractivity contribution in [1.29, 1.82) is 0 Å². The molecule has 0 atom stereocenters. The Morgan fingerprint density at radius 2 is 2.21 bits per heavy atom. The number of nitrogens with one attached hydrogen (secondary N) is 1. The van der Waals surface area contributed by atoms with E-state index in [0.717, 1.165) is 36.9 Å². The molecule has 5 nitrogen and oxygen atoms in total. The molecule has 0 aromatic carbocycles. The molecule has 1 aliphatic rings. The van der Waals surface area contributed by atoms with E-state index in [1.54, 1.807) is 0 Å². The molecule has 1 amide bonds. The maximum atomic E-state index is 11.5. The molecule has 2 heterocycles. The first-order valence-corrected chi connectivity index (χ1v) is 6.96. The maximum Gasteiger partial charge on any atom is 0.301 e. The number of carbonyl (C=O) groups is 1. The number of nitrogens with zero attached hydrogens (tertiary/aromatic N) is 1. The van der Waals surface area contributed by atoms with E-state index in [4.69, 9.17) is 10.3 Å². The summed E-state index contributed by atoms with van der Waals surface area (Å²) in [5, 5.41) is 0. The van der Waals surface area contributed by atoms with Crippen LogP contribution in [0.15, 0.2) is 10.5 Å². The number of carbonyl (C=O) groups excluding carboxylic acids is 1. The van der Waals surface area contributed by atoms with Crippen molar-refractivity contribution in [1.82, 2.24) is 10.3 Å². The van der Waals surface area contributed by atoms with Crippen LogP contribution in [0.25, 0.3) is 0 Å². The third kappa shape index (κ3) is 3.36. The first-order chi connectivity index (χ1) is 9.13. The SMILES string of the molecule is CCC1CCN(Cc2cc(C)c(C(=O)NN)o2)CC1. The summed E-state index contributed by atoms with van der Waals surface area (Å²) in [4.78, 5) is 13.9. The lowest BCUT2D eigenvalue weighted by Gasteiger charge is -2.30. The van der Waals surface area contributed by atoms with Crippen LogP contribution in [0.5, 0.6) is 0 Å². The van der Waals surface area contributed by atoms with Crippen molar-refractivity contribution in [2.75, 3.05) is 13.1 Å². The van der Waals surface area contributed by atoms with Crippen LogP contribution in [0.1, 0.15) is 48.1 Å². The molecule has 2 rings (SSSR count). The van der Waals surface area contributed by atoms with Crippen molar-refractivity contribution in [2.45, 2.75) is 39.7 Å². The van der Waals surface area contributed by atoms with Gasteiger partial charge in [0.25, 0.3) is 0 Å². The number of amides is 1. The summed E-state index contributed by atoms with van der Waals surface area (Å²) in [7, 11) is 0. The molecule has 0 bridgehead atoms. The van der Waals surface area contributed by atoms with E-state index in [2.05, 4.69) is 17.2 Å². The van der Waals surface area contributed by atoms with Gasteiger partial charge in [0.15, 0.2) is 5.76 Å². The van der Waals surface area contributed by atoms with Crippen LogP contribution in [0.4, 0.5) is 0 Å². The lowest BCUT2D eigenvalue weighted by atomic mass is 9.94. The van der Waals surface area contributed by atoms with Crippen molar-refractivity contribution in [2.24, 2.45) is 11.8 Å². The zero-order valence-corrected chi connectivity index (χ0v) is 11.7. The van der Waals surface area contributed by atoms with E-state index in [0.29, 0.717) is 5.76 Å². The number of nitrogen functional groups attached to an aromatic ring is 1.